The van der Waals surface area contributed by atoms with Gasteiger partial charge in [-0.05, 0) is 12.1 Å². The zero-order valence-corrected chi connectivity index (χ0v) is 6.10. The summed E-state index contributed by atoms with van der Waals surface area (Å²) in [5.41, 5.74) is 6.64. The third-order valence-electron chi connectivity index (χ3n) is 1.16. The van der Waals surface area contributed by atoms with Crippen molar-refractivity contribution in [1.29, 1.82) is 0 Å². The molecule has 1 aromatic rings. The van der Waals surface area contributed by atoms with Crippen LogP contribution < -0.4 is 5.73 Å². The summed E-state index contributed by atoms with van der Waals surface area (Å²) >= 11 is 5.68. The van der Waals surface area contributed by atoms with E-state index >= 15 is 0 Å². The molecular weight excluding hydrogens is 148 g/mol. The van der Waals surface area contributed by atoms with E-state index in [1.165, 1.54) is 0 Å². The molecule has 0 atom stereocenters. The highest BCUT2D eigenvalue weighted by Crippen LogP contribution is 2.20. The van der Waals surface area contributed by atoms with Crippen LogP contribution in [0.4, 0.5) is 5.69 Å². The van der Waals surface area contributed by atoms with Crippen LogP contribution in [0.5, 0.6) is 0 Å². The fourth-order valence-corrected chi connectivity index (χ4v) is 0.780. The van der Waals surface area contributed by atoms with Crippen molar-refractivity contribution in [2.24, 2.45) is 0 Å². The lowest BCUT2D eigenvalue weighted by Crippen LogP contribution is -1.92. The van der Waals surface area contributed by atoms with Gasteiger partial charge in [-0.25, -0.2) is 0 Å². The van der Waals surface area contributed by atoms with Gasteiger partial charge in [0.15, 0.2) is 0 Å². The van der Waals surface area contributed by atoms with E-state index in [1.54, 1.807) is 18.3 Å². The van der Waals surface area contributed by atoms with Gasteiger partial charge >= 0.3 is 0 Å². The van der Waals surface area contributed by atoms with E-state index in [-0.39, 0.29) is 0 Å². The third-order valence-corrected chi connectivity index (χ3v) is 1.49. The first-order valence-electron chi connectivity index (χ1n) is 2.78. The van der Waals surface area contributed by atoms with Gasteiger partial charge in [-0.15, -0.1) is 0 Å². The Morgan fingerprint density at radius 3 is 2.90 bits per heavy atom. The summed E-state index contributed by atoms with van der Waals surface area (Å²) in [5, 5.41) is 0.518. The van der Waals surface area contributed by atoms with Gasteiger partial charge in [0.1, 0.15) is 0 Å². The predicted octanol–water partition coefficient (Wildman–Crippen LogP) is 1.96. The molecule has 1 aromatic heterocycles. The van der Waals surface area contributed by atoms with Crippen LogP contribution in [-0.2, 0) is 0 Å². The van der Waals surface area contributed by atoms with Crippen molar-refractivity contribution in [2.75, 3.05) is 5.73 Å². The summed E-state index contributed by atoms with van der Waals surface area (Å²) in [7, 11) is 0. The van der Waals surface area contributed by atoms with Gasteiger partial charge in [0, 0.05) is 6.20 Å². The van der Waals surface area contributed by atoms with Crippen LogP contribution in [0.3, 0.4) is 0 Å². The Balaban J connectivity index is 3.27. The smallest absolute Gasteiger partial charge is 0.0868 e. The Morgan fingerprint density at radius 2 is 2.40 bits per heavy atom. The van der Waals surface area contributed by atoms with Gasteiger partial charge in [0.05, 0.1) is 16.4 Å². The van der Waals surface area contributed by atoms with Gasteiger partial charge in [0.2, 0.25) is 0 Å². The van der Waals surface area contributed by atoms with E-state index in [2.05, 4.69) is 11.6 Å². The molecule has 3 heteroatoms. The van der Waals surface area contributed by atoms with Gasteiger partial charge in [-0.2, -0.15) is 0 Å². The van der Waals surface area contributed by atoms with Crippen molar-refractivity contribution >= 4 is 23.4 Å². The summed E-state index contributed by atoms with van der Waals surface area (Å²) in [5.74, 6) is 0. The quantitative estimate of drug-likeness (QED) is 0.672. The fourth-order valence-electron chi connectivity index (χ4n) is 0.627. The molecule has 0 unspecified atom stereocenters. The first-order chi connectivity index (χ1) is 4.75. The average molecular weight is 155 g/mol. The average Bonchev–Trinajstić information content (AvgIpc) is 1.95. The zero-order chi connectivity index (χ0) is 7.56. The minimum atomic E-state index is 0.485. The third kappa shape index (κ3) is 1.11. The Hall–Kier alpha value is -1.02. The molecule has 0 aliphatic heterocycles. The van der Waals surface area contributed by atoms with Crippen molar-refractivity contribution in [3.8, 4) is 0 Å². The maximum Gasteiger partial charge on any atom is 0.0868 e. The van der Waals surface area contributed by atoms with Crippen LogP contribution in [-0.4, -0.2) is 4.98 Å². The zero-order valence-electron chi connectivity index (χ0n) is 5.34. The SMILES string of the molecule is C=Cc1nccc(Cl)c1N. The van der Waals surface area contributed by atoms with Gasteiger partial charge < -0.3 is 5.73 Å². The number of rotatable bonds is 1. The number of nitrogens with zero attached hydrogens (tertiary/aromatic N) is 1. The van der Waals surface area contributed by atoms with Crippen LogP contribution in [0.15, 0.2) is 18.8 Å². The molecule has 2 nitrogen and oxygen atoms in total. The molecule has 2 N–H and O–H groups in total. The fraction of sp³-hybridized carbons (Fsp3) is 0. The van der Waals surface area contributed by atoms with Crippen molar-refractivity contribution in [1.82, 2.24) is 4.98 Å². The molecule has 1 rings (SSSR count). The number of nitrogen functional groups attached to an aromatic ring is 1. The number of pyridine rings is 1. The molecule has 1 heterocycles. The molecule has 0 amide bonds. The molecule has 0 radical (unpaired) electrons. The van der Waals surface area contributed by atoms with Gasteiger partial charge in [-0.3, -0.25) is 4.98 Å². The number of nitrogens with two attached hydrogens (primary N) is 1. The lowest BCUT2D eigenvalue weighted by molar-refractivity contribution is 1.30. The standard InChI is InChI=1S/C7H7ClN2/c1-2-6-7(9)5(8)3-4-10-6/h2-4H,1,9H2. The van der Waals surface area contributed by atoms with Gasteiger partial charge in [-0.1, -0.05) is 18.2 Å². The molecule has 0 aromatic carbocycles. The molecule has 0 aliphatic carbocycles. The van der Waals surface area contributed by atoms with Crippen LogP contribution in [0.1, 0.15) is 5.69 Å². The molecule has 0 saturated heterocycles. The summed E-state index contributed by atoms with van der Waals surface area (Å²) in [6.45, 7) is 3.53. The Labute approximate surface area is 64.3 Å². The second-order valence-electron chi connectivity index (χ2n) is 1.80. The molecule has 0 bridgehead atoms. The van der Waals surface area contributed by atoms with E-state index in [9.17, 15) is 0 Å². The van der Waals surface area contributed by atoms with Crippen LogP contribution >= 0.6 is 11.6 Å². The lowest BCUT2D eigenvalue weighted by atomic mass is 10.3. The molecule has 0 fully saturated rings. The summed E-state index contributed by atoms with van der Waals surface area (Å²) < 4.78 is 0. The second kappa shape index (κ2) is 2.71. The lowest BCUT2D eigenvalue weighted by Gasteiger charge is -1.98. The highest BCUT2D eigenvalue weighted by Gasteiger charge is 1.98. The van der Waals surface area contributed by atoms with Crippen molar-refractivity contribution < 1.29 is 0 Å². The maximum absolute atomic E-state index is 5.68. The van der Waals surface area contributed by atoms with E-state index in [4.69, 9.17) is 17.3 Å². The minimum Gasteiger partial charge on any atom is -0.396 e. The first-order valence-corrected chi connectivity index (χ1v) is 3.16. The maximum atomic E-state index is 5.68. The molecule has 52 valence electrons. The number of halogens is 1. The number of hydrogen-bond donors (Lipinski definition) is 1. The molecule has 0 saturated carbocycles. The van der Waals surface area contributed by atoms with Crippen LogP contribution in [0, 0.1) is 0 Å². The summed E-state index contributed by atoms with van der Waals surface area (Å²) in [6.07, 6.45) is 3.16. The predicted molar refractivity (Wildman–Crippen MR) is 43.8 cm³/mol. The highest BCUT2D eigenvalue weighted by atomic mass is 35.5. The molecular formula is C7H7ClN2. The Kier molecular flexibility index (Phi) is 1.92. The number of aromatic nitrogens is 1. The number of hydrogen-bond acceptors (Lipinski definition) is 2. The molecule has 0 aliphatic rings. The van der Waals surface area contributed by atoms with Crippen molar-refractivity contribution in [3.05, 3.63) is 29.6 Å². The monoisotopic (exact) mass is 154 g/mol. The van der Waals surface area contributed by atoms with Crippen LogP contribution in [0.2, 0.25) is 5.02 Å². The van der Waals surface area contributed by atoms with E-state index < -0.39 is 0 Å². The largest absolute Gasteiger partial charge is 0.396 e. The number of anilines is 1. The van der Waals surface area contributed by atoms with Crippen molar-refractivity contribution in [3.63, 3.8) is 0 Å². The topological polar surface area (TPSA) is 38.9 Å². The summed E-state index contributed by atoms with van der Waals surface area (Å²) in [6, 6.07) is 1.64. The summed E-state index contributed by atoms with van der Waals surface area (Å²) in [4.78, 5) is 3.93. The normalized spacial score (nSPS) is 9.30. The van der Waals surface area contributed by atoms with Crippen LogP contribution in [0.25, 0.3) is 6.08 Å². The van der Waals surface area contributed by atoms with E-state index in [0.717, 1.165) is 0 Å². The van der Waals surface area contributed by atoms with Crippen molar-refractivity contribution in [2.45, 2.75) is 0 Å². The molecule has 10 heavy (non-hydrogen) atoms. The van der Waals surface area contributed by atoms with Gasteiger partial charge in [0.25, 0.3) is 0 Å². The Bertz CT molecular complexity index is 258. The molecule has 0 spiro atoms. The van der Waals surface area contributed by atoms with E-state index in [0.29, 0.717) is 16.4 Å². The van der Waals surface area contributed by atoms with E-state index in [1.807, 2.05) is 0 Å². The first kappa shape index (κ1) is 7.09. The second-order valence-corrected chi connectivity index (χ2v) is 2.20. The minimum absolute atomic E-state index is 0.485. The Morgan fingerprint density at radius 1 is 1.70 bits per heavy atom. The highest BCUT2D eigenvalue weighted by molar-refractivity contribution is 6.33.